The van der Waals surface area contributed by atoms with Crippen molar-refractivity contribution in [1.82, 2.24) is 4.90 Å². The van der Waals surface area contributed by atoms with E-state index in [9.17, 15) is 9.59 Å². The van der Waals surface area contributed by atoms with Crippen LogP contribution in [-0.4, -0.2) is 50.6 Å². The number of amides is 2. The van der Waals surface area contributed by atoms with Crippen molar-refractivity contribution in [2.75, 3.05) is 38.0 Å². The number of anilines is 2. The number of rotatable bonds is 8. The van der Waals surface area contributed by atoms with E-state index in [1.165, 1.54) is 7.11 Å². The number of carbonyl (C=O) groups is 2. The van der Waals surface area contributed by atoms with Crippen molar-refractivity contribution in [2.45, 2.75) is 32.4 Å². The molecule has 1 fully saturated rings. The molecule has 6 nitrogen and oxygen atoms in total. The molecule has 0 spiro atoms. The maximum atomic E-state index is 13.2. The second-order valence-corrected chi connectivity index (χ2v) is 7.75. The number of methoxy groups -OCH3 is 1. The van der Waals surface area contributed by atoms with Gasteiger partial charge in [-0.2, -0.15) is 0 Å². The average Bonchev–Trinajstić information content (AvgIpc) is 3.50. The fourth-order valence-electron chi connectivity index (χ4n) is 3.43. The zero-order chi connectivity index (χ0) is 21.0. The summed E-state index contributed by atoms with van der Waals surface area (Å²) in [4.78, 5) is 29.1. The van der Waals surface area contributed by atoms with Gasteiger partial charge in [0.15, 0.2) is 0 Å². The van der Waals surface area contributed by atoms with E-state index in [1.807, 2.05) is 73.3 Å². The summed E-state index contributed by atoms with van der Waals surface area (Å²) in [6.45, 7) is 2.50. The lowest BCUT2D eigenvalue weighted by Crippen LogP contribution is -2.33. The monoisotopic (exact) mass is 395 g/mol. The molecule has 6 heteroatoms. The predicted molar refractivity (Wildman–Crippen MR) is 115 cm³/mol. The summed E-state index contributed by atoms with van der Waals surface area (Å²) in [6, 6.07) is 13.8. The molecule has 29 heavy (non-hydrogen) atoms. The number of nitrogens with one attached hydrogen (secondary N) is 1. The SMILES string of the molecule is COCC(=O)Nc1ccc(N(C)C)c(CN(C(=O)c2cccc(C)c2)C2CC2)c1. The highest BCUT2D eigenvalue weighted by atomic mass is 16.5. The number of nitrogens with zero attached hydrogens (tertiary/aromatic N) is 2. The molecular weight excluding hydrogens is 366 g/mol. The van der Waals surface area contributed by atoms with Crippen molar-refractivity contribution >= 4 is 23.2 Å². The lowest BCUT2D eigenvalue weighted by atomic mass is 10.1. The van der Waals surface area contributed by atoms with Gasteiger partial charge in [-0.1, -0.05) is 17.7 Å². The molecule has 0 atom stereocenters. The van der Waals surface area contributed by atoms with E-state index in [0.29, 0.717) is 17.8 Å². The van der Waals surface area contributed by atoms with Crippen LogP contribution < -0.4 is 10.2 Å². The summed E-state index contributed by atoms with van der Waals surface area (Å²) in [7, 11) is 5.45. The first-order valence-electron chi connectivity index (χ1n) is 9.85. The molecule has 0 saturated heterocycles. The Balaban J connectivity index is 1.88. The molecule has 0 aromatic heterocycles. The van der Waals surface area contributed by atoms with Crippen LogP contribution in [-0.2, 0) is 16.1 Å². The van der Waals surface area contributed by atoms with Gasteiger partial charge in [0, 0.05) is 50.7 Å². The summed E-state index contributed by atoms with van der Waals surface area (Å²) < 4.78 is 4.89. The minimum atomic E-state index is -0.203. The predicted octanol–water partition coefficient (Wildman–Crippen LogP) is 3.45. The largest absolute Gasteiger partial charge is 0.377 e. The first-order chi connectivity index (χ1) is 13.9. The maximum Gasteiger partial charge on any atom is 0.254 e. The standard InChI is InChI=1S/C23H29N3O3/c1-16-6-5-7-17(12-16)23(28)26(20-9-10-20)14-18-13-19(24-22(27)15-29-4)8-11-21(18)25(2)3/h5-8,11-13,20H,9-10,14-15H2,1-4H3,(H,24,27). The van der Waals surface area contributed by atoms with Crippen LogP contribution in [0.15, 0.2) is 42.5 Å². The number of ether oxygens (including phenoxy) is 1. The summed E-state index contributed by atoms with van der Waals surface area (Å²) in [5.74, 6) is -0.152. The van der Waals surface area contributed by atoms with Crippen molar-refractivity contribution in [1.29, 1.82) is 0 Å². The molecule has 0 unspecified atom stereocenters. The van der Waals surface area contributed by atoms with Crippen LogP contribution in [0, 0.1) is 6.92 Å². The topological polar surface area (TPSA) is 61.9 Å². The van der Waals surface area contributed by atoms with E-state index in [0.717, 1.165) is 29.7 Å². The highest BCUT2D eigenvalue weighted by Crippen LogP contribution is 2.33. The number of carbonyl (C=O) groups excluding carboxylic acids is 2. The van der Waals surface area contributed by atoms with E-state index in [1.54, 1.807) is 0 Å². The zero-order valence-electron chi connectivity index (χ0n) is 17.6. The summed E-state index contributed by atoms with van der Waals surface area (Å²) in [6.07, 6.45) is 2.05. The van der Waals surface area contributed by atoms with Crippen molar-refractivity contribution in [3.63, 3.8) is 0 Å². The highest BCUT2D eigenvalue weighted by molar-refractivity contribution is 5.95. The number of hydrogen-bond donors (Lipinski definition) is 1. The van der Waals surface area contributed by atoms with Crippen molar-refractivity contribution in [3.05, 3.63) is 59.2 Å². The van der Waals surface area contributed by atoms with Gasteiger partial charge in [0.1, 0.15) is 6.61 Å². The van der Waals surface area contributed by atoms with Gasteiger partial charge in [-0.25, -0.2) is 0 Å². The number of benzene rings is 2. The summed E-state index contributed by atoms with van der Waals surface area (Å²) >= 11 is 0. The number of hydrogen-bond acceptors (Lipinski definition) is 4. The maximum absolute atomic E-state index is 13.2. The van der Waals surface area contributed by atoms with E-state index in [-0.39, 0.29) is 24.5 Å². The minimum Gasteiger partial charge on any atom is -0.377 e. The molecule has 2 aromatic carbocycles. The van der Waals surface area contributed by atoms with Gasteiger partial charge >= 0.3 is 0 Å². The van der Waals surface area contributed by atoms with Gasteiger partial charge < -0.3 is 19.9 Å². The fraction of sp³-hybridized carbons (Fsp3) is 0.391. The third kappa shape index (κ3) is 5.35. The van der Waals surface area contributed by atoms with Crippen molar-refractivity contribution in [3.8, 4) is 0 Å². The molecule has 154 valence electrons. The van der Waals surface area contributed by atoms with E-state index >= 15 is 0 Å². The molecule has 1 N–H and O–H groups in total. The molecule has 0 radical (unpaired) electrons. The lowest BCUT2D eigenvalue weighted by molar-refractivity contribution is -0.119. The van der Waals surface area contributed by atoms with Crippen LogP contribution in [0.25, 0.3) is 0 Å². The third-order valence-electron chi connectivity index (χ3n) is 4.97. The lowest BCUT2D eigenvalue weighted by Gasteiger charge is -2.26. The molecule has 2 amide bonds. The Morgan fingerprint density at radius 1 is 1.14 bits per heavy atom. The fourth-order valence-corrected chi connectivity index (χ4v) is 3.43. The Kier molecular flexibility index (Phi) is 6.54. The van der Waals surface area contributed by atoms with Gasteiger partial charge in [0.2, 0.25) is 5.91 Å². The Bertz CT molecular complexity index is 891. The average molecular weight is 396 g/mol. The Morgan fingerprint density at radius 3 is 2.52 bits per heavy atom. The Labute approximate surface area is 172 Å². The Hall–Kier alpha value is -2.86. The van der Waals surface area contributed by atoms with Gasteiger partial charge in [-0.3, -0.25) is 9.59 Å². The molecule has 0 aliphatic heterocycles. The van der Waals surface area contributed by atoms with E-state index < -0.39 is 0 Å². The molecule has 0 bridgehead atoms. The smallest absolute Gasteiger partial charge is 0.254 e. The zero-order valence-corrected chi connectivity index (χ0v) is 17.6. The van der Waals surface area contributed by atoms with Crippen LogP contribution in [0.5, 0.6) is 0 Å². The molecule has 1 aliphatic rings. The first kappa shape index (κ1) is 20.9. The summed E-state index contributed by atoms with van der Waals surface area (Å²) in [5.41, 5.74) is 4.51. The van der Waals surface area contributed by atoms with E-state index in [4.69, 9.17) is 4.74 Å². The molecule has 3 rings (SSSR count). The van der Waals surface area contributed by atoms with Crippen LogP contribution in [0.2, 0.25) is 0 Å². The number of aryl methyl sites for hydroxylation is 1. The first-order valence-corrected chi connectivity index (χ1v) is 9.85. The molecule has 1 aliphatic carbocycles. The Morgan fingerprint density at radius 2 is 1.90 bits per heavy atom. The normalized spacial score (nSPS) is 13.1. The van der Waals surface area contributed by atoms with Gasteiger partial charge in [-0.15, -0.1) is 0 Å². The highest BCUT2D eigenvalue weighted by Gasteiger charge is 2.33. The van der Waals surface area contributed by atoms with Crippen molar-refractivity contribution < 1.29 is 14.3 Å². The van der Waals surface area contributed by atoms with E-state index in [2.05, 4.69) is 5.32 Å². The molecule has 1 saturated carbocycles. The molecular formula is C23H29N3O3. The van der Waals surface area contributed by atoms with Crippen LogP contribution >= 0.6 is 0 Å². The quantitative estimate of drug-likeness (QED) is 0.744. The second-order valence-electron chi connectivity index (χ2n) is 7.75. The van der Waals surface area contributed by atoms with Crippen molar-refractivity contribution in [2.24, 2.45) is 0 Å². The van der Waals surface area contributed by atoms with Gasteiger partial charge in [0.25, 0.3) is 5.91 Å². The molecule has 2 aromatic rings. The van der Waals surface area contributed by atoms with Crippen LogP contribution in [0.4, 0.5) is 11.4 Å². The summed E-state index contributed by atoms with van der Waals surface area (Å²) in [5, 5.41) is 2.85. The van der Waals surface area contributed by atoms with Crippen LogP contribution in [0.1, 0.15) is 34.3 Å². The molecule has 0 heterocycles. The van der Waals surface area contributed by atoms with Gasteiger partial charge in [0.05, 0.1) is 0 Å². The van der Waals surface area contributed by atoms with Gasteiger partial charge in [-0.05, 0) is 55.7 Å². The van der Waals surface area contributed by atoms with Crippen LogP contribution in [0.3, 0.4) is 0 Å². The minimum absolute atomic E-state index is 0.00477. The third-order valence-corrected chi connectivity index (χ3v) is 4.97. The second kappa shape index (κ2) is 9.09.